The molecule has 0 unspecified atom stereocenters. The molecule has 0 radical (unpaired) electrons. The Bertz CT molecular complexity index is 754. The van der Waals surface area contributed by atoms with Crippen LogP contribution in [0.1, 0.15) is 38.7 Å². The lowest BCUT2D eigenvalue weighted by Crippen LogP contribution is -2.32. The molecule has 0 aromatic heterocycles. The number of anilines is 2. The number of carbonyl (C=O) groups is 2. The maximum atomic E-state index is 12.3. The third-order valence-corrected chi connectivity index (χ3v) is 4.20. The van der Waals surface area contributed by atoms with Crippen molar-refractivity contribution in [1.29, 1.82) is 0 Å². The van der Waals surface area contributed by atoms with E-state index >= 15 is 0 Å². The van der Waals surface area contributed by atoms with Gasteiger partial charge < -0.3 is 15.0 Å². The highest BCUT2D eigenvalue weighted by Gasteiger charge is 2.14. The van der Waals surface area contributed by atoms with Gasteiger partial charge in [0, 0.05) is 25.6 Å². The molecule has 0 saturated heterocycles. The molecule has 0 aliphatic rings. The van der Waals surface area contributed by atoms with Crippen molar-refractivity contribution in [3.05, 3.63) is 54.1 Å². The van der Waals surface area contributed by atoms with E-state index in [2.05, 4.69) is 19.2 Å². The molecule has 0 aliphatic carbocycles. The predicted octanol–water partition coefficient (Wildman–Crippen LogP) is 4.20. The lowest BCUT2D eigenvalue weighted by atomic mass is 10.0. The fourth-order valence-electron chi connectivity index (χ4n) is 2.68. The number of nitrogens with zero attached hydrogens (tertiary/aromatic N) is 1. The van der Waals surface area contributed by atoms with E-state index in [1.807, 2.05) is 36.4 Å². The number of carbonyl (C=O) groups excluding carboxylic acids is 2. The van der Waals surface area contributed by atoms with Crippen LogP contribution >= 0.6 is 0 Å². The maximum absolute atomic E-state index is 12.3. The molecule has 0 atom stereocenters. The molecule has 0 bridgehead atoms. The molecule has 2 amide bonds. The van der Waals surface area contributed by atoms with Crippen LogP contribution in [0.2, 0.25) is 0 Å². The number of para-hydroxylation sites is 2. The summed E-state index contributed by atoms with van der Waals surface area (Å²) in [4.78, 5) is 25.9. The average Bonchev–Trinajstić information content (AvgIpc) is 2.62. The van der Waals surface area contributed by atoms with Gasteiger partial charge in [0.15, 0.2) is 0 Å². The molecular formula is C21H26N2O3. The van der Waals surface area contributed by atoms with Crippen molar-refractivity contribution >= 4 is 23.2 Å². The highest BCUT2D eigenvalue weighted by molar-refractivity contribution is 5.95. The zero-order chi connectivity index (χ0) is 19.1. The summed E-state index contributed by atoms with van der Waals surface area (Å²) in [6.07, 6.45) is 0.198. The number of hydrogen-bond donors (Lipinski definition) is 1. The van der Waals surface area contributed by atoms with Crippen molar-refractivity contribution in [2.75, 3.05) is 23.9 Å². The topological polar surface area (TPSA) is 58.6 Å². The van der Waals surface area contributed by atoms with Gasteiger partial charge in [0.2, 0.25) is 11.8 Å². The number of amides is 2. The second-order valence-electron chi connectivity index (χ2n) is 6.42. The van der Waals surface area contributed by atoms with E-state index in [0.29, 0.717) is 23.9 Å². The van der Waals surface area contributed by atoms with Crippen molar-refractivity contribution in [3.63, 3.8) is 0 Å². The minimum Gasteiger partial charge on any atom is -0.495 e. The molecule has 0 heterocycles. The molecule has 26 heavy (non-hydrogen) atoms. The molecule has 5 heteroatoms. The van der Waals surface area contributed by atoms with Crippen LogP contribution in [0, 0.1) is 0 Å². The van der Waals surface area contributed by atoms with Crippen LogP contribution < -0.4 is 15.0 Å². The first-order valence-corrected chi connectivity index (χ1v) is 8.73. The third kappa shape index (κ3) is 5.09. The fraction of sp³-hybridized carbons (Fsp3) is 0.333. The van der Waals surface area contributed by atoms with E-state index in [4.69, 9.17) is 4.74 Å². The fourth-order valence-corrected chi connectivity index (χ4v) is 2.68. The molecule has 0 spiro atoms. The quantitative estimate of drug-likeness (QED) is 0.811. The second-order valence-corrected chi connectivity index (χ2v) is 6.42. The van der Waals surface area contributed by atoms with Gasteiger partial charge in [-0.1, -0.05) is 38.1 Å². The number of methoxy groups -OCH3 is 1. The average molecular weight is 354 g/mol. The molecular weight excluding hydrogens is 328 g/mol. The van der Waals surface area contributed by atoms with Crippen LogP contribution in [-0.4, -0.2) is 25.5 Å². The summed E-state index contributed by atoms with van der Waals surface area (Å²) >= 11 is 0. The Morgan fingerprint density at radius 1 is 1.08 bits per heavy atom. The number of nitrogens with one attached hydrogen (secondary N) is 1. The van der Waals surface area contributed by atoms with Gasteiger partial charge in [-0.2, -0.15) is 0 Å². The van der Waals surface area contributed by atoms with Gasteiger partial charge in [0.05, 0.1) is 12.8 Å². The van der Waals surface area contributed by atoms with Crippen LogP contribution in [0.4, 0.5) is 11.4 Å². The monoisotopic (exact) mass is 354 g/mol. The Kier molecular flexibility index (Phi) is 6.78. The molecule has 5 nitrogen and oxygen atoms in total. The Morgan fingerprint density at radius 2 is 1.73 bits per heavy atom. The summed E-state index contributed by atoms with van der Waals surface area (Å²) in [5, 5.41) is 2.83. The standard InChI is InChI=1S/C21H26N2O3/c1-15(2)17-9-11-18(12-10-17)23(16(3)24)14-13-21(25)22-19-7-5-6-8-20(19)26-4/h5-12,15H,13-14H2,1-4H3,(H,22,25). The van der Waals surface area contributed by atoms with E-state index in [0.717, 1.165) is 5.69 Å². The van der Waals surface area contributed by atoms with Crippen LogP contribution in [0.5, 0.6) is 5.75 Å². The Balaban J connectivity index is 2.02. The molecule has 0 aliphatic heterocycles. The molecule has 2 aromatic carbocycles. The summed E-state index contributed by atoms with van der Waals surface area (Å²) in [5.74, 6) is 0.780. The largest absolute Gasteiger partial charge is 0.495 e. The highest BCUT2D eigenvalue weighted by atomic mass is 16.5. The van der Waals surface area contributed by atoms with Crippen LogP contribution in [-0.2, 0) is 9.59 Å². The first-order valence-electron chi connectivity index (χ1n) is 8.73. The number of benzene rings is 2. The molecule has 2 rings (SSSR count). The third-order valence-electron chi connectivity index (χ3n) is 4.20. The van der Waals surface area contributed by atoms with Crippen molar-refractivity contribution in [2.24, 2.45) is 0 Å². The van der Waals surface area contributed by atoms with Crippen LogP contribution in [0.15, 0.2) is 48.5 Å². The first-order chi connectivity index (χ1) is 12.4. The van der Waals surface area contributed by atoms with Gasteiger partial charge >= 0.3 is 0 Å². The summed E-state index contributed by atoms with van der Waals surface area (Å²) < 4.78 is 5.23. The Morgan fingerprint density at radius 3 is 2.31 bits per heavy atom. The van der Waals surface area contributed by atoms with Crippen LogP contribution in [0.3, 0.4) is 0 Å². The first kappa shape index (κ1) is 19.5. The Labute approximate surface area is 155 Å². The van der Waals surface area contributed by atoms with E-state index in [1.165, 1.54) is 12.5 Å². The lowest BCUT2D eigenvalue weighted by molar-refractivity contribution is -0.117. The van der Waals surface area contributed by atoms with Gasteiger partial charge in [-0.15, -0.1) is 0 Å². The molecule has 0 fully saturated rings. The zero-order valence-electron chi connectivity index (χ0n) is 15.8. The van der Waals surface area contributed by atoms with Gasteiger partial charge in [0.1, 0.15) is 5.75 Å². The Hall–Kier alpha value is -2.82. The number of hydrogen-bond acceptors (Lipinski definition) is 3. The summed E-state index contributed by atoms with van der Waals surface area (Å²) in [7, 11) is 1.56. The van der Waals surface area contributed by atoms with E-state index < -0.39 is 0 Å². The van der Waals surface area contributed by atoms with E-state index in [-0.39, 0.29) is 18.2 Å². The highest BCUT2D eigenvalue weighted by Crippen LogP contribution is 2.24. The molecule has 0 saturated carbocycles. The smallest absolute Gasteiger partial charge is 0.226 e. The summed E-state index contributed by atoms with van der Waals surface area (Å²) in [6.45, 7) is 6.08. The van der Waals surface area contributed by atoms with E-state index in [9.17, 15) is 9.59 Å². The zero-order valence-corrected chi connectivity index (χ0v) is 15.8. The summed E-state index contributed by atoms with van der Waals surface area (Å²) in [6, 6.07) is 15.1. The van der Waals surface area contributed by atoms with Gasteiger partial charge in [-0.05, 0) is 35.7 Å². The van der Waals surface area contributed by atoms with Crippen molar-refractivity contribution in [2.45, 2.75) is 33.1 Å². The molecule has 2 aromatic rings. The number of ether oxygens (including phenoxy) is 1. The summed E-state index contributed by atoms with van der Waals surface area (Å²) in [5.41, 5.74) is 2.63. The number of rotatable bonds is 7. The normalized spacial score (nSPS) is 10.5. The lowest BCUT2D eigenvalue weighted by Gasteiger charge is -2.21. The molecule has 138 valence electrons. The van der Waals surface area contributed by atoms with E-state index in [1.54, 1.807) is 24.1 Å². The van der Waals surface area contributed by atoms with Crippen molar-refractivity contribution in [1.82, 2.24) is 0 Å². The minimum absolute atomic E-state index is 0.0904. The van der Waals surface area contributed by atoms with Gasteiger partial charge in [0.25, 0.3) is 0 Å². The SMILES string of the molecule is COc1ccccc1NC(=O)CCN(C(C)=O)c1ccc(C(C)C)cc1. The van der Waals surface area contributed by atoms with Gasteiger partial charge in [-0.3, -0.25) is 9.59 Å². The maximum Gasteiger partial charge on any atom is 0.226 e. The van der Waals surface area contributed by atoms with Crippen molar-refractivity contribution in [3.8, 4) is 5.75 Å². The minimum atomic E-state index is -0.167. The van der Waals surface area contributed by atoms with Gasteiger partial charge in [-0.25, -0.2) is 0 Å². The second kappa shape index (κ2) is 9.04. The van der Waals surface area contributed by atoms with Crippen LogP contribution in [0.25, 0.3) is 0 Å². The molecule has 1 N–H and O–H groups in total. The van der Waals surface area contributed by atoms with Crippen molar-refractivity contribution < 1.29 is 14.3 Å². The predicted molar refractivity (Wildman–Crippen MR) is 105 cm³/mol.